The number of ether oxygens (including phenoxy) is 2. The lowest BCUT2D eigenvalue weighted by molar-refractivity contribution is -0.112. The van der Waals surface area contributed by atoms with Crippen molar-refractivity contribution < 1.29 is 14.3 Å². The number of imidazole rings is 1. The van der Waals surface area contributed by atoms with Gasteiger partial charge in [-0.3, -0.25) is 5.32 Å². The van der Waals surface area contributed by atoms with Crippen molar-refractivity contribution in [2.45, 2.75) is 44.7 Å². The zero-order valence-corrected chi connectivity index (χ0v) is 17.0. The Hall–Kier alpha value is -2.58. The third-order valence-corrected chi connectivity index (χ3v) is 5.97. The van der Waals surface area contributed by atoms with E-state index in [9.17, 15) is 4.79 Å². The first kappa shape index (κ1) is 19.7. The van der Waals surface area contributed by atoms with Crippen LogP contribution in [0.3, 0.4) is 0 Å². The molecule has 8 heteroatoms. The molecular weight excluding hydrogens is 370 g/mol. The van der Waals surface area contributed by atoms with E-state index in [0.717, 1.165) is 61.7 Å². The molecule has 2 aliphatic rings. The predicted molar refractivity (Wildman–Crippen MR) is 112 cm³/mol. The Balaban J connectivity index is 1.74. The van der Waals surface area contributed by atoms with Crippen molar-refractivity contribution in [2.24, 2.45) is 11.1 Å². The molecule has 156 valence electrons. The summed E-state index contributed by atoms with van der Waals surface area (Å²) < 4.78 is 10.3. The lowest BCUT2D eigenvalue weighted by Crippen LogP contribution is -2.52. The van der Waals surface area contributed by atoms with Gasteiger partial charge in [-0.05, 0) is 31.0 Å². The predicted octanol–water partition coefficient (Wildman–Crippen LogP) is 3.65. The maximum Gasteiger partial charge on any atom is 0.411 e. The van der Waals surface area contributed by atoms with Crippen molar-refractivity contribution in [1.29, 1.82) is 0 Å². The summed E-state index contributed by atoms with van der Waals surface area (Å²) in [6.45, 7) is 3.74. The number of carbonyl (C=O) groups is 1. The number of aromatic nitrogens is 2. The van der Waals surface area contributed by atoms with Gasteiger partial charge in [-0.1, -0.05) is 19.8 Å². The monoisotopic (exact) mass is 399 g/mol. The van der Waals surface area contributed by atoms with Gasteiger partial charge in [0.1, 0.15) is 5.82 Å². The van der Waals surface area contributed by atoms with Crippen molar-refractivity contribution in [1.82, 2.24) is 9.97 Å². The Morgan fingerprint density at radius 3 is 2.86 bits per heavy atom. The molecule has 8 nitrogen and oxygen atoms in total. The highest BCUT2D eigenvalue weighted by atomic mass is 16.5. The van der Waals surface area contributed by atoms with Crippen molar-refractivity contribution in [2.75, 3.05) is 31.0 Å². The molecule has 1 fully saturated rings. The normalized spacial score (nSPS) is 23.4. The minimum Gasteiger partial charge on any atom is -0.453 e. The van der Waals surface area contributed by atoms with Crippen LogP contribution in [0.5, 0.6) is 0 Å². The van der Waals surface area contributed by atoms with Crippen LogP contribution in [0, 0.1) is 5.41 Å². The highest BCUT2D eigenvalue weighted by Crippen LogP contribution is 2.39. The van der Waals surface area contributed by atoms with Gasteiger partial charge < -0.3 is 25.5 Å². The second-order valence-corrected chi connectivity index (χ2v) is 8.28. The molecule has 1 unspecified atom stereocenters. The maximum absolute atomic E-state index is 11.7. The second-order valence-electron chi connectivity index (χ2n) is 8.28. The largest absolute Gasteiger partial charge is 0.453 e. The number of hydrogen-bond acceptors (Lipinski definition) is 6. The van der Waals surface area contributed by atoms with E-state index >= 15 is 0 Å². The second kappa shape index (κ2) is 8.04. The van der Waals surface area contributed by atoms with Crippen LogP contribution in [0.15, 0.2) is 24.4 Å². The Bertz CT molecular complexity index is 877. The summed E-state index contributed by atoms with van der Waals surface area (Å²) in [7, 11) is 1.35. The van der Waals surface area contributed by atoms with Gasteiger partial charge in [0.2, 0.25) is 0 Å². The Morgan fingerprint density at radius 1 is 1.34 bits per heavy atom. The molecule has 1 saturated heterocycles. The molecule has 1 aromatic heterocycles. The maximum atomic E-state index is 11.7. The molecule has 1 amide bonds. The van der Waals surface area contributed by atoms with Gasteiger partial charge in [-0.25, -0.2) is 9.78 Å². The highest BCUT2D eigenvalue weighted by Gasteiger charge is 2.41. The summed E-state index contributed by atoms with van der Waals surface area (Å²) in [4.78, 5) is 19.6. The molecule has 2 atom stereocenters. The summed E-state index contributed by atoms with van der Waals surface area (Å²) in [5.41, 5.74) is 9.80. The summed E-state index contributed by atoms with van der Waals surface area (Å²) in [6, 6.07) is 5.89. The third kappa shape index (κ3) is 4.09. The Morgan fingerprint density at radius 2 is 2.14 bits per heavy atom. The Kier molecular flexibility index (Phi) is 5.47. The summed E-state index contributed by atoms with van der Waals surface area (Å²) >= 11 is 0. The molecule has 3 heterocycles. The van der Waals surface area contributed by atoms with E-state index in [1.165, 1.54) is 7.11 Å². The smallest absolute Gasteiger partial charge is 0.411 e. The van der Waals surface area contributed by atoms with Gasteiger partial charge in [0.25, 0.3) is 0 Å². The number of fused-ring (bicyclic) bond motifs is 4. The minimum atomic E-state index is -0.498. The van der Waals surface area contributed by atoms with Gasteiger partial charge >= 0.3 is 6.09 Å². The number of amides is 1. The van der Waals surface area contributed by atoms with E-state index < -0.39 is 6.09 Å². The van der Waals surface area contributed by atoms with Crippen LogP contribution in [0.4, 0.5) is 16.2 Å². The van der Waals surface area contributed by atoms with Crippen LogP contribution in [0.1, 0.15) is 44.5 Å². The molecule has 1 aromatic carbocycles. The van der Waals surface area contributed by atoms with Gasteiger partial charge in [0, 0.05) is 34.6 Å². The minimum absolute atomic E-state index is 0.0754. The molecule has 0 radical (unpaired) electrons. The van der Waals surface area contributed by atoms with Crippen LogP contribution < -0.4 is 16.4 Å². The number of carbonyl (C=O) groups excluding carboxylic acids is 1. The van der Waals surface area contributed by atoms with Crippen LogP contribution in [0.25, 0.3) is 11.3 Å². The molecular formula is C21H29N5O3. The van der Waals surface area contributed by atoms with E-state index in [0.29, 0.717) is 5.69 Å². The third-order valence-electron chi connectivity index (χ3n) is 5.97. The average molecular weight is 399 g/mol. The van der Waals surface area contributed by atoms with Crippen LogP contribution in [0.2, 0.25) is 0 Å². The summed E-state index contributed by atoms with van der Waals surface area (Å²) in [5, 5.41) is 6.49. The van der Waals surface area contributed by atoms with E-state index in [1.54, 1.807) is 0 Å². The fourth-order valence-corrected chi connectivity index (χ4v) is 4.06. The van der Waals surface area contributed by atoms with Gasteiger partial charge in [0.15, 0.2) is 0 Å². The van der Waals surface area contributed by atoms with Crippen LogP contribution in [-0.2, 0) is 9.47 Å². The van der Waals surface area contributed by atoms with Crippen molar-refractivity contribution >= 4 is 17.5 Å². The lowest BCUT2D eigenvalue weighted by Gasteiger charge is -2.45. The molecule has 0 aliphatic carbocycles. The molecule has 29 heavy (non-hydrogen) atoms. The number of methoxy groups -OCH3 is 1. The topological polar surface area (TPSA) is 114 Å². The first-order valence-electron chi connectivity index (χ1n) is 10.1. The lowest BCUT2D eigenvalue weighted by atomic mass is 9.77. The Labute approximate surface area is 170 Å². The van der Waals surface area contributed by atoms with E-state index in [1.807, 2.05) is 24.4 Å². The van der Waals surface area contributed by atoms with E-state index in [4.69, 9.17) is 20.2 Å². The first-order chi connectivity index (χ1) is 14.0. The number of anilines is 2. The summed E-state index contributed by atoms with van der Waals surface area (Å²) in [6.07, 6.45) is 5.44. The number of H-pyrrole nitrogens is 1. The molecule has 0 saturated carbocycles. The molecule has 2 aromatic rings. The van der Waals surface area contributed by atoms with Gasteiger partial charge in [-0.2, -0.15) is 0 Å². The number of hydrogen-bond donors (Lipinski definition) is 4. The number of aromatic amines is 1. The highest BCUT2D eigenvalue weighted by molar-refractivity contribution is 5.88. The number of nitrogens with zero attached hydrogens (tertiary/aromatic N) is 1. The zero-order chi connectivity index (χ0) is 20.4. The standard InChI is InChI=1S/C21H29N5O3/c1-21(11-29-12-21)18-6-4-3-5-15(22)19-23-10-17(26-19)14-8-7-13(9-16(14)25-18)24-20(27)28-2/h7-10,15,18,25H,3-6,11-12,22H2,1-2H3,(H,23,26)(H,24,27)/t15-,18?/m0/s1. The fraction of sp³-hybridized carbons (Fsp3) is 0.524. The van der Waals surface area contributed by atoms with Crippen molar-refractivity contribution in [3.63, 3.8) is 0 Å². The van der Waals surface area contributed by atoms with Gasteiger partial charge in [-0.15, -0.1) is 0 Å². The SMILES string of the molecule is COC(=O)Nc1ccc2c(c1)NC(C1(C)COC1)CCCC[C@H](N)c1nc-2c[nH]1. The fourth-order valence-electron chi connectivity index (χ4n) is 4.06. The zero-order valence-electron chi connectivity index (χ0n) is 17.0. The van der Waals surface area contributed by atoms with Gasteiger partial charge in [0.05, 0.1) is 32.1 Å². The average Bonchev–Trinajstić information content (AvgIpc) is 3.17. The first-order valence-corrected chi connectivity index (χ1v) is 10.1. The summed E-state index contributed by atoms with van der Waals surface area (Å²) in [5.74, 6) is 0.805. The quantitative estimate of drug-likeness (QED) is 0.613. The molecule has 2 bridgehead atoms. The van der Waals surface area contributed by atoms with Crippen LogP contribution in [-0.4, -0.2) is 42.4 Å². The van der Waals surface area contributed by atoms with Crippen molar-refractivity contribution in [3.8, 4) is 11.3 Å². The van der Waals surface area contributed by atoms with E-state index in [-0.39, 0.29) is 17.5 Å². The number of nitrogens with two attached hydrogens (primary N) is 1. The van der Waals surface area contributed by atoms with Crippen molar-refractivity contribution in [3.05, 3.63) is 30.2 Å². The van der Waals surface area contributed by atoms with E-state index in [2.05, 4.69) is 22.5 Å². The number of benzene rings is 1. The van der Waals surface area contributed by atoms with Crippen LogP contribution >= 0.6 is 0 Å². The number of rotatable bonds is 2. The molecule has 0 spiro atoms. The molecule has 4 rings (SSSR count). The molecule has 5 N–H and O–H groups in total. The molecule has 2 aliphatic heterocycles. The number of nitrogens with one attached hydrogen (secondary N) is 3.